The van der Waals surface area contributed by atoms with E-state index in [1.54, 1.807) is 42.5 Å². The first-order valence-corrected chi connectivity index (χ1v) is 7.02. The van der Waals surface area contributed by atoms with E-state index in [-0.39, 0.29) is 30.6 Å². The Hall–Kier alpha value is -3.22. The summed E-state index contributed by atoms with van der Waals surface area (Å²) in [5.74, 6) is -0.676. The second kappa shape index (κ2) is 5.88. The number of nitrogens with one attached hydrogen (secondary N) is 1. The molecule has 0 radical (unpaired) electrons. The number of carbonyl (C=O) groups excluding carboxylic acids is 2. The lowest BCUT2D eigenvalue weighted by Gasteiger charge is -2.14. The van der Waals surface area contributed by atoms with Crippen LogP contribution >= 0.6 is 0 Å². The third kappa shape index (κ3) is 2.64. The Balaban J connectivity index is 1.68. The summed E-state index contributed by atoms with van der Waals surface area (Å²) >= 11 is 0. The number of hydrogen-bond donors (Lipinski definition) is 1. The minimum absolute atomic E-state index is 0.0464. The van der Waals surface area contributed by atoms with Gasteiger partial charge in [-0.15, -0.1) is 0 Å². The van der Waals surface area contributed by atoms with E-state index in [4.69, 9.17) is 0 Å². The molecule has 0 fully saturated rings. The summed E-state index contributed by atoms with van der Waals surface area (Å²) in [7, 11) is 0. The number of fused-ring (bicyclic) bond motifs is 1. The average molecular weight is 311 g/mol. The van der Waals surface area contributed by atoms with Crippen LogP contribution in [0.1, 0.15) is 20.7 Å². The van der Waals surface area contributed by atoms with E-state index < -0.39 is 4.92 Å². The highest BCUT2D eigenvalue weighted by molar-refractivity contribution is 6.21. The number of nitro benzene ring substituents is 1. The highest BCUT2D eigenvalue weighted by Gasteiger charge is 2.34. The summed E-state index contributed by atoms with van der Waals surface area (Å²) in [6.07, 6.45) is 0. The lowest BCUT2D eigenvalue weighted by atomic mass is 10.1. The molecule has 1 aliphatic heterocycles. The molecule has 0 aliphatic carbocycles. The summed E-state index contributed by atoms with van der Waals surface area (Å²) < 4.78 is 0. The third-order valence-corrected chi connectivity index (χ3v) is 3.63. The molecule has 2 amide bonds. The van der Waals surface area contributed by atoms with E-state index in [2.05, 4.69) is 5.32 Å². The van der Waals surface area contributed by atoms with Gasteiger partial charge in [-0.3, -0.25) is 24.6 Å². The summed E-state index contributed by atoms with van der Waals surface area (Å²) in [5.41, 5.74) is 1.09. The van der Waals surface area contributed by atoms with E-state index in [1.807, 2.05) is 0 Å². The van der Waals surface area contributed by atoms with Crippen molar-refractivity contribution in [1.29, 1.82) is 0 Å². The van der Waals surface area contributed by atoms with Crippen LogP contribution in [0.2, 0.25) is 0 Å². The molecule has 23 heavy (non-hydrogen) atoms. The quantitative estimate of drug-likeness (QED) is 0.519. The van der Waals surface area contributed by atoms with Gasteiger partial charge in [0, 0.05) is 19.2 Å². The second-order valence-corrected chi connectivity index (χ2v) is 5.01. The highest BCUT2D eigenvalue weighted by Crippen LogP contribution is 2.24. The van der Waals surface area contributed by atoms with Gasteiger partial charge in [-0.2, -0.15) is 0 Å². The average Bonchev–Trinajstić information content (AvgIpc) is 2.80. The molecule has 7 heteroatoms. The Kier molecular flexibility index (Phi) is 3.76. The normalized spacial score (nSPS) is 13.1. The first-order valence-electron chi connectivity index (χ1n) is 7.02. The number of carbonyl (C=O) groups is 2. The van der Waals surface area contributed by atoms with Gasteiger partial charge >= 0.3 is 0 Å². The van der Waals surface area contributed by atoms with E-state index in [0.29, 0.717) is 16.8 Å². The second-order valence-electron chi connectivity index (χ2n) is 5.01. The van der Waals surface area contributed by atoms with Crippen molar-refractivity contribution >= 4 is 23.2 Å². The van der Waals surface area contributed by atoms with Gasteiger partial charge in [-0.1, -0.05) is 24.3 Å². The zero-order chi connectivity index (χ0) is 16.4. The Bertz CT molecular complexity index is 768. The van der Waals surface area contributed by atoms with E-state index in [1.165, 1.54) is 6.07 Å². The predicted octanol–water partition coefficient (Wildman–Crippen LogP) is 2.30. The van der Waals surface area contributed by atoms with Crippen LogP contribution in [0, 0.1) is 10.1 Å². The molecule has 3 rings (SSSR count). The zero-order valence-electron chi connectivity index (χ0n) is 12.1. The van der Waals surface area contributed by atoms with Gasteiger partial charge < -0.3 is 5.32 Å². The lowest BCUT2D eigenvalue weighted by molar-refractivity contribution is -0.384. The molecule has 0 saturated carbocycles. The third-order valence-electron chi connectivity index (χ3n) is 3.63. The van der Waals surface area contributed by atoms with Gasteiger partial charge in [0.05, 0.1) is 16.1 Å². The molecule has 1 heterocycles. The smallest absolute Gasteiger partial charge is 0.292 e. The van der Waals surface area contributed by atoms with Crippen LogP contribution < -0.4 is 5.32 Å². The van der Waals surface area contributed by atoms with Crippen molar-refractivity contribution in [2.45, 2.75) is 0 Å². The van der Waals surface area contributed by atoms with Crippen molar-refractivity contribution in [2.24, 2.45) is 0 Å². The number of para-hydroxylation sites is 2. The molecule has 7 nitrogen and oxygen atoms in total. The highest BCUT2D eigenvalue weighted by atomic mass is 16.6. The number of imide groups is 1. The van der Waals surface area contributed by atoms with Crippen molar-refractivity contribution < 1.29 is 14.5 Å². The molecule has 0 atom stereocenters. The molecule has 2 aromatic rings. The van der Waals surface area contributed by atoms with E-state index in [0.717, 1.165) is 4.90 Å². The SMILES string of the molecule is O=C1c2ccccc2C(=O)N1CCNc1ccccc1[N+](=O)[O-]. The summed E-state index contributed by atoms with van der Waals surface area (Å²) in [4.78, 5) is 36.0. The predicted molar refractivity (Wildman–Crippen MR) is 83.4 cm³/mol. The number of benzene rings is 2. The number of amides is 2. The molecule has 0 unspecified atom stereocenters. The Morgan fingerprint density at radius 1 is 0.957 bits per heavy atom. The molecular formula is C16H13N3O4. The van der Waals surface area contributed by atoms with E-state index >= 15 is 0 Å². The van der Waals surface area contributed by atoms with Crippen LogP contribution in [-0.2, 0) is 0 Å². The van der Waals surface area contributed by atoms with Crippen molar-refractivity contribution in [2.75, 3.05) is 18.4 Å². The molecule has 0 spiro atoms. The van der Waals surface area contributed by atoms with Crippen LogP contribution in [0.4, 0.5) is 11.4 Å². The molecule has 1 aliphatic rings. The molecule has 0 saturated heterocycles. The number of hydrogen-bond acceptors (Lipinski definition) is 5. The van der Waals surface area contributed by atoms with Crippen molar-refractivity contribution in [3.63, 3.8) is 0 Å². The molecular weight excluding hydrogens is 298 g/mol. The minimum Gasteiger partial charge on any atom is -0.378 e. The van der Waals surface area contributed by atoms with Crippen LogP contribution in [0.15, 0.2) is 48.5 Å². The molecule has 0 aromatic heterocycles. The van der Waals surface area contributed by atoms with Gasteiger partial charge in [0.2, 0.25) is 0 Å². The number of nitrogens with zero attached hydrogens (tertiary/aromatic N) is 2. The summed E-state index contributed by atoms with van der Waals surface area (Å²) in [6.45, 7) is 0.370. The number of nitro groups is 1. The van der Waals surface area contributed by atoms with Crippen molar-refractivity contribution in [3.05, 3.63) is 69.8 Å². The first kappa shape index (κ1) is 14.7. The first-order chi connectivity index (χ1) is 11.1. The van der Waals surface area contributed by atoms with Gasteiger partial charge in [0.1, 0.15) is 5.69 Å². The largest absolute Gasteiger partial charge is 0.378 e. The molecule has 1 N–H and O–H groups in total. The Labute approximate surface area is 131 Å². The number of anilines is 1. The van der Waals surface area contributed by atoms with E-state index in [9.17, 15) is 19.7 Å². The monoisotopic (exact) mass is 311 g/mol. The molecule has 2 aromatic carbocycles. The van der Waals surface area contributed by atoms with Crippen molar-refractivity contribution in [3.8, 4) is 0 Å². The molecule has 116 valence electrons. The van der Waals surface area contributed by atoms with Gasteiger partial charge in [-0.05, 0) is 18.2 Å². The Morgan fingerprint density at radius 3 is 2.13 bits per heavy atom. The van der Waals surface area contributed by atoms with Gasteiger partial charge in [0.25, 0.3) is 17.5 Å². The zero-order valence-corrected chi connectivity index (χ0v) is 12.1. The van der Waals surface area contributed by atoms with Crippen molar-refractivity contribution in [1.82, 2.24) is 4.90 Å². The fourth-order valence-electron chi connectivity index (χ4n) is 2.53. The van der Waals surface area contributed by atoms with Crippen LogP contribution in [-0.4, -0.2) is 34.7 Å². The topological polar surface area (TPSA) is 92.6 Å². The van der Waals surface area contributed by atoms with Gasteiger partial charge in [0.15, 0.2) is 0 Å². The van der Waals surface area contributed by atoms with Crippen LogP contribution in [0.3, 0.4) is 0 Å². The number of rotatable bonds is 5. The van der Waals surface area contributed by atoms with Crippen LogP contribution in [0.25, 0.3) is 0 Å². The maximum atomic E-state index is 12.2. The maximum Gasteiger partial charge on any atom is 0.292 e. The van der Waals surface area contributed by atoms with Gasteiger partial charge in [-0.25, -0.2) is 0 Å². The summed E-state index contributed by atoms with van der Waals surface area (Å²) in [5, 5.41) is 13.8. The Morgan fingerprint density at radius 2 is 1.52 bits per heavy atom. The van der Waals surface area contributed by atoms with Crippen LogP contribution in [0.5, 0.6) is 0 Å². The minimum atomic E-state index is -0.482. The fourth-order valence-corrected chi connectivity index (χ4v) is 2.53. The standard InChI is InChI=1S/C16H13N3O4/c20-15-11-5-1-2-6-12(11)16(21)18(15)10-9-17-13-7-3-4-8-14(13)19(22)23/h1-8,17H,9-10H2. The maximum absolute atomic E-state index is 12.2. The summed E-state index contributed by atoms with van der Waals surface area (Å²) in [6, 6.07) is 12.9. The fraction of sp³-hybridized carbons (Fsp3) is 0.125. The lowest BCUT2D eigenvalue weighted by Crippen LogP contribution is -2.34. The molecule has 0 bridgehead atoms.